The second kappa shape index (κ2) is 3.15. The first-order valence-electron chi connectivity index (χ1n) is 2.05. The van der Waals surface area contributed by atoms with Gasteiger partial charge in [0, 0.05) is 14.1 Å². The molecule has 0 heterocycles. The zero-order valence-corrected chi connectivity index (χ0v) is 6.20. The highest BCUT2D eigenvalue weighted by atomic mass is 35.5. The van der Waals surface area contributed by atoms with Crippen LogP contribution in [-0.2, 0) is 4.79 Å². The van der Waals surface area contributed by atoms with E-state index in [-0.39, 0.29) is 5.91 Å². The molecule has 0 rings (SSSR count). The van der Waals surface area contributed by atoms with Crippen LogP contribution in [0.5, 0.6) is 0 Å². The Hall–Kier alpha value is 0.0500. The van der Waals surface area contributed by atoms with Gasteiger partial charge in [0.2, 0.25) is 0 Å². The maximum Gasteiger partial charge on any atom is 0.255 e. The Morgan fingerprint density at radius 3 is 1.88 bits per heavy atom. The summed E-state index contributed by atoms with van der Waals surface area (Å²) in [6, 6.07) is 0. The van der Waals surface area contributed by atoms with Gasteiger partial charge in [0.05, 0.1) is 0 Å². The fraction of sp³-hybridized carbons (Fsp3) is 0.750. The van der Waals surface area contributed by atoms with E-state index in [9.17, 15) is 4.79 Å². The van der Waals surface area contributed by atoms with Crippen LogP contribution in [0.25, 0.3) is 0 Å². The van der Waals surface area contributed by atoms with Crippen LogP contribution in [0.1, 0.15) is 0 Å². The molecular formula is C4H7Cl2NO. The number of rotatable bonds is 1. The second-order valence-corrected chi connectivity index (χ2v) is 2.63. The smallest absolute Gasteiger partial charge is 0.255 e. The summed E-state index contributed by atoms with van der Waals surface area (Å²) in [4.78, 5) is 10.9. The van der Waals surface area contributed by atoms with E-state index >= 15 is 0 Å². The molecule has 4 heteroatoms. The van der Waals surface area contributed by atoms with Gasteiger partial charge in [-0.1, -0.05) is 23.2 Å². The molecule has 8 heavy (non-hydrogen) atoms. The molecule has 0 saturated carbocycles. The Balaban J connectivity index is 3.65. The molecule has 0 N–H and O–H groups in total. The molecule has 0 aliphatic heterocycles. The van der Waals surface area contributed by atoms with Gasteiger partial charge in [-0.15, -0.1) is 0 Å². The van der Waals surface area contributed by atoms with Gasteiger partial charge in [-0.2, -0.15) is 0 Å². The standard InChI is InChI=1S/C4H7Cl2NO/c1-7(2)4(8)3(5)6/h3H,1-2H3. The van der Waals surface area contributed by atoms with Gasteiger partial charge in [0.1, 0.15) is 0 Å². The van der Waals surface area contributed by atoms with Crippen LogP contribution in [0.2, 0.25) is 0 Å². The number of nitrogens with zero attached hydrogens (tertiary/aromatic N) is 1. The molecule has 48 valence electrons. The van der Waals surface area contributed by atoms with Gasteiger partial charge in [-0.05, 0) is 0 Å². The third-order valence-corrected chi connectivity index (χ3v) is 1.00. The van der Waals surface area contributed by atoms with Gasteiger partial charge < -0.3 is 4.90 Å². The van der Waals surface area contributed by atoms with Crippen molar-refractivity contribution in [1.82, 2.24) is 4.90 Å². The predicted octanol–water partition coefficient (Wildman–Crippen LogP) is 0.878. The molecule has 0 unspecified atom stereocenters. The monoisotopic (exact) mass is 155 g/mol. The van der Waals surface area contributed by atoms with E-state index in [2.05, 4.69) is 0 Å². The second-order valence-electron chi connectivity index (χ2n) is 1.53. The van der Waals surface area contributed by atoms with Gasteiger partial charge in [0.25, 0.3) is 5.91 Å². The number of carbonyl (C=O) groups excluding carboxylic acids is 1. The molecule has 0 fully saturated rings. The van der Waals surface area contributed by atoms with Crippen molar-refractivity contribution in [3.05, 3.63) is 0 Å². The zero-order valence-electron chi connectivity index (χ0n) is 4.69. The molecule has 0 aromatic heterocycles. The minimum absolute atomic E-state index is 0.284. The van der Waals surface area contributed by atoms with Crippen molar-refractivity contribution in [3.8, 4) is 0 Å². The third kappa shape index (κ3) is 2.38. The lowest BCUT2D eigenvalue weighted by atomic mass is 10.6. The van der Waals surface area contributed by atoms with Crippen LogP contribution < -0.4 is 0 Å². The molecule has 0 bridgehead atoms. The SMILES string of the molecule is CN(C)C(=O)C(Cl)Cl. The van der Waals surface area contributed by atoms with Crippen molar-refractivity contribution in [2.45, 2.75) is 4.84 Å². The molecule has 0 aliphatic rings. The van der Waals surface area contributed by atoms with Crippen LogP contribution in [-0.4, -0.2) is 29.7 Å². The van der Waals surface area contributed by atoms with Crippen LogP contribution in [0.3, 0.4) is 0 Å². The molecule has 0 aliphatic carbocycles. The van der Waals surface area contributed by atoms with E-state index in [1.54, 1.807) is 14.1 Å². The van der Waals surface area contributed by atoms with E-state index in [1.165, 1.54) is 4.90 Å². The average molecular weight is 156 g/mol. The van der Waals surface area contributed by atoms with E-state index in [1.807, 2.05) is 0 Å². The Kier molecular flexibility index (Phi) is 3.17. The van der Waals surface area contributed by atoms with Crippen LogP contribution in [0, 0.1) is 0 Å². The summed E-state index contributed by atoms with van der Waals surface area (Å²) in [5.41, 5.74) is 0. The van der Waals surface area contributed by atoms with Crippen LogP contribution in [0.4, 0.5) is 0 Å². The van der Waals surface area contributed by atoms with Gasteiger partial charge in [-0.25, -0.2) is 0 Å². The average Bonchev–Trinajstić information content (AvgIpc) is 1.64. The number of amides is 1. The van der Waals surface area contributed by atoms with Crippen molar-refractivity contribution >= 4 is 29.1 Å². The van der Waals surface area contributed by atoms with Crippen molar-refractivity contribution in [2.24, 2.45) is 0 Å². The number of hydrogen-bond donors (Lipinski definition) is 0. The van der Waals surface area contributed by atoms with E-state index in [4.69, 9.17) is 23.2 Å². The molecule has 0 aromatic rings. The van der Waals surface area contributed by atoms with Gasteiger partial charge >= 0.3 is 0 Å². The fourth-order valence-electron chi connectivity index (χ4n) is 0.195. The van der Waals surface area contributed by atoms with E-state index in [0.717, 1.165) is 0 Å². The Labute approximate surface area is 58.4 Å². The summed E-state index contributed by atoms with van der Waals surface area (Å²) >= 11 is 10.4. The largest absolute Gasteiger partial charge is 0.346 e. The fourth-order valence-corrected chi connectivity index (χ4v) is 0.586. The maximum absolute atomic E-state index is 10.5. The topological polar surface area (TPSA) is 20.3 Å². The number of alkyl halides is 2. The molecule has 0 spiro atoms. The lowest BCUT2D eigenvalue weighted by Crippen LogP contribution is -2.26. The summed E-state index contributed by atoms with van der Waals surface area (Å²) in [5.74, 6) is -0.284. The Bertz CT molecular complexity index is 82.0. The molecule has 0 atom stereocenters. The molecule has 0 radical (unpaired) electrons. The summed E-state index contributed by atoms with van der Waals surface area (Å²) in [7, 11) is 3.19. The highest BCUT2D eigenvalue weighted by Crippen LogP contribution is 2.03. The lowest BCUT2D eigenvalue weighted by Gasteiger charge is -2.08. The van der Waals surface area contributed by atoms with Crippen molar-refractivity contribution in [1.29, 1.82) is 0 Å². The molecule has 0 aromatic carbocycles. The first-order chi connectivity index (χ1) is 3.55. The van der Waals surface area contributed by atoms with Crippen molar-refractivity contribution in [2.75, 3.05) is 14.1 Å². The highest BCUT2D eigenvalue weighted by Gasteiger charge is 2.11. The first kappa shape index (κ1) is 8.05. The number of halogens is 2. The number of hydrogen-bond acceptors (Lipinski definition) is 1. The third-order valence-electron chi connectivity index (χ3n) is 0.627. The zero-order chi connectivity index (χ0) is 6.73. The minimum atomic E-state index is -0.926. The number of carbonyl (C=O) groups is 1. The van der Waals surface area contributed by atoms with Gasteiger partial charge in [0.15, 0.2) is 4.84 Å². The Morgan fingerprint density at radius 2 is 1.88 bits per heavy atom. The molecule has 1 amide bonds. The van der Waals surface area contributed by atoms with Crippen molar-refractivity contribution < 1.29 is 4.79 Å². The quantitative estimate of drug-likeness (QED) is 0.516. The van der Waals surface area contributed by atoms with Crippen LogP contribution >= 0.6 is 23.2 Å². The molecular weight excluding hydrogens is 149 g/mol. The van der Waals surface area contributed by atoms with Crippen molar-refractivity contribution in [3.63, 3.8) is 0 Å². The first-order valence-corrected chi connectivity index (χ1v) is 2.92. The minimum Gasteiger partial charge on any atom is -0.346 e. The maximum atomic E-state index is 10.5. The highest BCUT2D eigenvalue weighted by molar-refractivity contribution is 6.53. The molecule has 0 saturated heterocycles. The normalized spacial score (nSPS) is 9.62. The van der Waals surface area contributed by atoms with E-state index in [0.29, 0.717) is 0 Å². The van der Waals surface area contributed by atoms with E-state index < -0.39 is 4.84 Å². The summed E-state index contributed by atoms with van der Waals surface area (Å²) in [6.07, 6.45) is 0. The Morgan fingerprint density at radius 1 is 1.50 bits per heavy atom. The summed E-state index contributed by atoms with van der Waals surface area (Å²) < 4.78 is 0. The summed E-state index contributed by atoms with van der Waals surface area (Å²) in [5, 5.41) is 0. The molecule has 2 nitrogen and oxygen atoms in total. The van der Waals surface area contributed by atoms with Crippen LogP contribution in [0.15, 0.2) is 0 Å². The summed E-state index contributed by atoms with van der Waals surface area (Å²) in [6.45, 7) is 0. The lowest BCUT2D eigenvalue weighted by molar-refractivity contribution is -0.126. The van der Waals surface area contributed by atoms with Gasteiger partial charge in [-0.3, -0.25) is 4.79 Å². The predicted molar refractivity (Wildman–Crippen MR) is 34.2 cm³/mol.